The maximum atomic E-state index is 10.8. The summed E-state index contributed by atoms with van der Waals surface area (Å²) in [7, 11) is 0. The van der Waals surface area contributed by atoms with Gasteiger partial charge < -0.3 is 10.4 Å². The second-order valence-corrected chi connectivity index (χ2v) is 4.29. The number of nitrogens with one attached hydrogen (secondary N) is 1. The Labute approximate surface area is 111 Å². The van der Waals surface area contributed by atoms with Gasteiger partial charge in [0.15, 0.2) is 0 Å². The highest BCUT2D eigenvalue weighted by atomic mass is 16.4. The lowest BCUT2D eigenvalue weighted by atomic mass is 10.0. The number of aromatic nitrogens is 2. The number of nitrogens with zero attached hydrogens (tertiary/aromatic N) is 2. The van der Waals surface area contributed by atoms with Gasteiger partial charge in [-0.1, -0.05) is 24.3 Å². The molecule has 0 saturated carbocycles. The molecule has 0 saturated heterocycles. The second-order valence-electron chi connectivity index (χ2n) is 4.29. The molecule has 0 atom stereocenters. The Balaban J connectivity index is 1.83. The van der Waals surface area contributed by atoms with Gasteiger partial charge in [0.05, 0.1) is 13.0 Å². The minimum Gasteiger partial charge on any atom is -0.481 e. The zero-order valence-electron chi connectivity index (χ0n) is 10.6. The molecule has 2 aromatic rings. The summed E-state index contributed by atoms with van der Waals surface area (Å²) in [5.74, 6) is -0.802. The van der Waals surface area contributed by atoms with Crippen LogP contribution in [-0.2, 0) is 24.3 Å². The fraction of sp³-hybridized carbons (Fsp3) is 0.286. The second kappa shape index (κ2) is 6.70. The summed E-state index contributed by atoms with van der Waals surface area (Å²) in [4.78, 5) is 10.8. The fourth-order valence-corrected chi connectivity index (χ4v) is 1.91. The molecule has 0 aliphatic rings. The van der Waals surface area contributed by atoms with Crippen LogP contribution in [0.4, 0.5) is 0 Å². The molecule has 1 aromatic carbocycles. The van der Waals surface area contributed by atoms with E-state index in [1.165, 1.54) is 0 Å². The van der Waals surface area contributed by atoms with Crippen LogP contribution < -0.4 is 5.32 Å². The van der Waals surface area contributed by atoms with Gasteiger partial charge in [-0.2, -0.15) is 5.10 Å². The minimum absolute atomic E-state index is 0.0665. The van der Waals surface area contributed by atoms with Crippen LogP contribution in [0.3, 0.4) is 0 Å². The van der Waals surface area contributed by atoms with E-state index in [4.69, 9.17) is 5.11 Å². The molecule has 0 radical (unpaired) electrons. The van der Waals surface area contributed by atoms with Gasteiger partial charge in [-0.3, -0.25) is 9.48 Å². The molecule has 0 aliphatic carbocycles. The van der Waals surface area contributed by atoms with Crippen LogP contribution in [0.5, 0.6) is 0 Å². The third kappa shape index (κ3) is 4.22. The zero-order valence-corrected chi connectivity index (χ0v) is 10.6. The third-order valence-corrected chi connectivity index (χ3v) is 2.85. The van der Waals surface area contributed by atoms with Crippen molar-refractivity contribution >= 4 is 5.97 Å². The quantitative estimate of drug-likeness (QED) is 0.735. The summed E-state index contributed by atoms with van der Waals surface area (Å²) in [6.07, 6.45) is 3.74. The van der Waals surface area contributed by atoms with Crippen LogP contribution in [-0.4, -0.2) is 27.4 Å². The van der Waals surface area contributed by atoms with E-state index in [-0.39, 0.29) is 6.42 Å². The van der Waals surface area contributed by atoms with E-state index < -0.39 is 5.97 Å². The van der Waals surface area contributed by atoms with Crippen LogP contribution in [0.2, 0.25) is 0 Å². The molecule has 0 amide bonds. The van der Waals surface area contributed by atoms with Gasteiger partial charge in [-0.15, -0.1) is 0 Å². The predicted molar refractivity (Wildman–Crippen MR) is 71.7 cm³/mol. The average molecular weight is 259 g/mol. The molecule has 2 N–H and O–H groups in total. The standard InChI is InChI=1S/C14H17N3O2/c18-14(19)10-12-4-1-2-5-13(12)11-15-7-9-17-8-3-6-16-17/h1-6,8,15H,7,9-11H2,(H,18,19). The van der Waals surface area contributed by atoms with E-state index in [1.54, 1.807) is 6.20 Å². The van der Waals surface area contributed by atoms with Crippen molar-refractivity contribution in [3.05, 3.63) is 53.9 Å². The number of aliphatic carboxylic acids is 1. The molecule has 0 unspecified atom stereocenters. The Kier molecular flexibility index (Phi) is 4.69. The van der Waals surface area contributed by atoms with E-state index in [9.17, 15) is 4.79 Å². The fourth-order valence-electron chi connectivity index (χ4n) is 1.91. The molecule has 1 heterocycles. The highest BCUT2D eigenvalue weighted by Gasteiger charge is 2.05. The average Bonchev–Trinajstić information content (AvgIpc) is 2.89. The summed E-state index contributed by atoms with van der Waals surface area (Å²) < 4.78 is 1.86. The Bertz CT molecular complexity index is 523. The maximum absolute atomic E-state index is 10.8. The van der Waals surface area contributed by atoms with E-state index in [0.717, 1.165) is 24.2 Å². The molecule has 0 spiro atoms. The first-order valence-electron chi connectivity index (χ1n) is 6.22. The normalized spacial score (nSPS) is 10.5. The molecule has 19 heavy (non-hydrogen) atoms. The molecule has 0 aliphatic heterocycles. The van der Waals surface area contributed by atoms with Crippen LogP contribution >= 0.6 is 0 Å². The smallest absolute Gasteiger partial charge is 0.307 e. The van der Waals surface area contributed by atoms with E-state index in [0.29, 0.717) is 6.54 Å². The van der Waals surface area contributed by atoms with Gasteiger partial charge in [-0.25, -0.2) is 0 Å². The maximum Gasteiger partial charge on any atom is 0.307 e. The largest absolute Gasteiger partial charge is 0.481 e. The molecular weight excluding hydrogens is 242 g/mol. The number of carboxylic acid groups (broad SMARTS) is 1. The minimum atomic E-state index is -0.802. The van der Waals surface area contributed by atoms with Gasteiger partial charge in [-0.05, 0) is 17.2 Å². The Morgan fingerprint density at radius 3 is 2.74 bits per heavy atom. The molecule has 2 rings (SSSR count). The van der Waals surface area contributed by atoms with Crippen LogP contribution in [0.25, 0.3) is 0 Å². The summed E-state index contributed by atoms with van der Waals surface area (Å²) in [5.41, 5.74) is 1.90. The lowest BCUT2D eigenvalue weighted by Crippen LogP contribution is -2.20. The van der Waals surface area contributed by atoms with Crippen molar-refractivity contribution in [3.8, 4) is 0 Å². The SMILES string of the molecule is O=C(O)Cc1ccccc1CNCCn1cccn1. The Hall–Kier alpha value is -2.14. The van der Waals surface area contributed by atoms with Crippen molar-refractivity contribution < 1.29 is 9.90 Å². The van der Waals surface area contributed by atoms with Gasteiger partial charge in [0, 0.05) is 25.5 Å². The molecule has 5 heteroatoms. The van der Waals surface area contributed by atoms with E-state index in [1.807, 2.05) is 41.2 Å². The predicted octanol–water partition coefficient (Wildman–Crippen LogP) is 1.30. The first-order chi connectivity index (χ1) is 9.25. The van der Waals surface area contributed by atoms with E-state index >= 15 is 0 Å². The van der Waals surface area contributed by atoms with Crippen LogP contribution in [0.15, 0.2) is 42.7 Å². The van der Waals surface area contributed by atoms with Crippen molar-refractivity contribution in [2.24, 2.45) is 0 Å². The van der Waals surface area contributed by atoms with Crippen LogP contribution in [0.1, 0.15) is 11.1 Å². The molecule has 0 fully saturated rings. The number of benzene rings is 1. The number of hydrogen-bond acceptors (Lipinski definition) is 3. The summed E-state index contributed by atoms with van der Waals surface area (Å²) in [5, 5.41) is 16.3. The van der Waals surface area contributed by atoms with Gasteiger partial charge in [0.1, 0.15) is 0 Å². The monoisotopic (exact) mass is 259 g/mol. The van der Waals surface area contributed by atoms with Crippen LogP contribution in [0, 0.1) is 0 Å². The molecule has 5 nitrogen and oxygen atoms in total. The molecule has 100 valence electrons. The van der Waals surface area contributed by atoms with E-state index in [2.05, 4.69) is 10.4 Å². The topological polar surface area (TPSA) is 67.2 Å². The molecular formula is C14H17N3O2. The lowest BCUT2D eigenvalue weighted by molar-refractivity contribution is -0.136. The summed E-state index contributed by atoms with van der Waals surface area (Å²) in [6.45, 7) is 2.27. The first kappa shape index (κ1) is 13.3. The number of rotatable bonds is 7. The number of hydrogen-bond donors (Lipinski definition) is 2. The Morgan fingerprint density at radius 2 is 2.05 bits per heavy atom. The number of carboxylic acids is 1. The Morgan fingerprint density at radius 1 is 1.26 bits per heavy atom. The van der Waals surface area contributed by atoms with Crippen molar-refractivity contribution in [3.63, 3.8) is 0 Å². The highest BCUT2D eigenvalue weighted by Crippen LogP contribution is 2.09. The first-order valence-corrected chi connectivity index (χ1v) is 6.22. The third-order valence-electron chi connectivity index (χ3n) is 2.85. The zero-order chi connectivity index (χ0) is 13.5. The molecule has 1 aromatic heterocycles. The van der Waals surface area contributed by atoms with Gasteiger partial charge >= 0.3 is 5.97 Å². The van der Waals surface area contributed by atoms with Crippen molar-refractivity contribution in [1.82, 2.24) is 15.1 Å². The number of carbonyl (C=O) groups is 1. The van der Waals surface area contributed by atoms with Crippen molar-refractivity contribution in [2.45, 2.75) is 19.5 Å². The lowest BCUT2D eigenvalue weighted by Gasteiger charge is -2.09. The van der Waals surface area contributed by atoms with Crippen molar-refractivity contribution in [2.75, 3.05) is 6.54 Å². The highest BCUT2D eigenvalue weighted by molar-refractivity contribution is 5.70. The summed E-state index contributed by atoms with van der Waals surface area (Å²) >= 11 is 0. The van der Waals surface area contributed by atoms with Crippen molar-refractivity contribution in [1.29, 1.82) is 0 Å². The molecule has 0 bridgehead atoms. The summed E-state index contributed by atoms with van der Waals surface area (Å²) in [6, 6.07) is 9.50. The van der Waals surface area contributed by atoms with Gasteiger partial charge in [0.2, 0.25) is 0 Å². The van der Waals surface area contributed by atoms with Gasteiger partial charge in [0.25, 0.3) is 0 Å².